The van der Waals surface area contributed by atoms with Crippen LogP contribution in [0.15, 0.2) is 61.0 Å². The van der Waals surface area contributed by atoms with Gasteiger partial charge in [-0.2, -0.15) is 0 Å². The average molecular weight is 421 g/mol. The third-order valence-corrected chi connectivity index (χ3v) is 5.74. The quantitative estimate of drug-likeness (QED) is 0.411. The first kappa shape index (κ1) is 20.8. The molecular weight excluding hydrogens is 392 g/mol. The Kier molecular flexibility index (Phi) is 6.66. The molecule has 2 heterocycles. The van der Waals surface area contributed by atoms with Crippen LogP contribution in [-0.2, 0) is 6.54 Å². The minimum absolute atomic E-state index is 0.0524. The summed E-state index contributed by atoms with van der Waals surface area (Å²) in [5, 5.41) is 0.0524. The Morgan fingerprint density at radius 3 is 2.73 bits per heavy atom. The lowest BCUT2D eigenvalue weighted by molar-refractivity contribution is 0.266. The number of allylic oxidation sites excluding steroid dienone is 4. The molecule has 4 rings (SSSR count). The molecule has 1 aromatic carbocycles. The van der Waals surface area contributed by atoms with Gasteiger partial charge in [-0.25, -0.2) is 4.98 Å². The minimum Gasteiger partial charge on any atom is -0.299 e. The Bertz CT molecular complexity index is 1060. The number of imidazole rings is 1. The van der Waals surface area contributed by atoms with Crippen LogP contribution in [0.25, 0.3) is 28.1 Å². The number of fused-ring (bicyclic) bond motifs is 1. The van der Waals surface area contributed by atoms with Gasteiger partial charge in [0.05, 0.1) is 22.6 Å². The van der Waals surface area contributed by atoms with Gasteiger partial charge in [0, 0.05) is 24.0 Å². The number of hydrogen-bond donors (Lipinski definition) is 0. The van der Waals surface area contributed by atoms with Crippen molar-refractivity contribution in [2.24, 2.45) is 0 Å². The fourth-order valence-corrected chi connectivity index (χ4v) is 4.26. The normalized spacial score (nSPS) is 16.4. The Labute approximate surface area is 183 Å². The van der Waals surface area contributed by atoms with E-state index in [9.17, 15) is 0 Å². The Hall–Kier alpha value is -2.43. The smallest absolute Gasteiger partial charge is 0.145 e. The van der Waals surface area contributed by atoms with Gasteiger partial charge in [-0.3, -0.25) is 14.5 Å². The van der Waals surface area contributed by atoms with Crippen molar-refractivity contribution >= 4 is 28.3 Å². The Morgan fingerprint density at radius 2 is 2.00 bits per heavy atom. The summed E-state index contributed by atoms with van der Waals surface area (Å²) in [7, 11) is 0. The zero-order valence-corrected chi connectivity index (χ0v) is 18.5. The number of halogens is 1. The second-order valence-corrected chi connectivity index (χ2v) is 8.41. The molecule has 2 aromatic heterocycles. The maximum absolute atomic E-state index is 6.27. The summed E-state index contributed by atoms with van der Waals surface area (Å²) < 4.78 is 2.20. The second-order valence-electron chi connectivity index (χ2n) is 7.85. The van der Waals surface area contributed by atoms with E-state index in [0.29, 0.717) is 0 Å². The summed E-state index contributed by atoms with van der Waals surface area (Å²) in [6.07, 6.45) is 13.2. The molecule has 0 bridgehead atoms. The van der Waals surface area contributed by atoms with Crippen LogP contribution in [0, 0.1) is 0 Å². The molecule has 0 radical (unpaired) electrons. The molecule has 4 nitrogen and oxygen atoms in total. The molecule has 0 saturated carbocycles. The molecule has 1 aliphatic carbocycles. The van der Waals surface area contributed by atoms with E-state index in [0.717, 1.165) is 54.2 Å². The number of benzene rings is 1. The zero-order valence-electron chi connectivity index (χ0n) is 17.8. The van der Waals surface area contributed by atoms with Crippen molar-refractivity contribution in [3.63, 3.8) is 0 Å². The molecule has 1 unspecified atom stereocenters. The maximum atomic E-state index is 6.27. The summed E-state index contributed by atoms with van der Waals surface area (Å²) in [5.74, 6) is 0.946. The topological polar surface area (TPSA) is 34.0 Å². The Morgan fingerprint density at radius 1 is 1.17 bits per heavy atom. The molecule has 1 aliphatic rings. The highest BCUT2D eigenvalue weighted by atomic mass is 35.5. The van der Waals surface area contributed by atoms with Crippen molar-refractivity contribution in [2.75, 3.05) is 13.1 Å². The largest absolute Gasteiger partial charge is 0.299 e. The van der Waals surface area contributed by atoms with Crippen molar-refractivity contribution in [3.05, 3.63) is 66.5 Å². The second kappa shape index (κ2) is 9.59. The van der Waals surface area contributed by atoms with Gasteiger partial charge in [-0.1, -0.05) is 44.2 Å². The highest BCUT2D eigenvalue weighted by Gasteiger charge is 2.17. The van der Waals surface area contributed by atoms with E-state index in [1.165, 1.54) is 18.4 Å². The van der Waals surface area contributed by atoms with E-state index in [-0.39, 0.29) is 5.38 Å². The van der Waals surface area contributed by atoms with Crippen molar-refractivity contribution in [1.29, 1.82) is 0 Å². The summed E-state index contributed by atoms with van der Waals surface area (Å²) in [4.78, 5) is 11.8. The Balaban J connectivity index is 1.75. The van der Waals surface area contributed by atoms with Gasteiger partial charge in [0.15, 0.2) is 0 Å². The molecule has 3 aromatic rings. The highest BCUT2D eigenvalue weighted by molar-refractivity contribution is 6.22. The van der Waals surface area contributed by atoms with Crippen molar-refractivity contribution in [2.45, 2.75) is 45.0 Å². The first-order valence-corrected chi connectivity index (χ1v) is 11.3. The van der Waals surface area contributed by atoms with Crippen LogP contribution in [0.2, 0.25) is 0 Å². The van der Waals surface area contributed by atoms with E-state index in [1.54, 1.807) is 6.20 Å². The molecule has 0 amide bonds. The monoisotopic (exact) mass is 420 g/mol. The summed E-state index contributed by atoms with van der Waals surface area (Å²) in [6.45, 7) is 7.70. The van der Waals surface area contributed by atoms with Crippen molar-refractivity contribution in [3.8, 4) is 11.4 Å². The fourth-order valence-electron chi connectivity index (χ4n) is 4.10. The molecule has 30 heavy (non-hydrogen) atoms. The molecule has 5 heteroatoms. The third-order valence-electron chi connectivity index (χ3n) is 5.41. The lowest BCUT2D eigenvalue weighted by atomic mass is 10.1. The molecule has 0 aliphatic heterocycles. The SMILES string of the molecule is CCCN(CCC)Cc1cccc(-c2nc3ccncc3n2C2=CCC(Cl)C=C2)c1. The molecule has 156 valence electrons. The predicted octanol–water partition coefficient (Wildman–Crippen LogP) is 6.13. The molecule has 0 N–H and O–H groups in total. The molecule has 0 fully saturated rings. The van der Waals surface area contributed by atoms with E-state index >= 15 is 0 Å². The van der Waals surface area contributed by atoms with Crippen molar-refractivity contribution < 1.29 is 0 Å². The lowest BCUT2D eigenvalue weighted by Crippen LogP contribution is -2.24. The zero-order chi connectivity index (χ0) is 20.9. The number of rotatable bonds is 8. The van der Waals surface area contributed by atoms with Crippen LogP contribution < -0.4 is 0 Å². The van der Waals surface area contributed by atoms with Gasteiger partial charge in [0.1, 0.15) is 5.82 Å². The van der Waals surface area contributed by atoms with Crippen molar-refractivity contribution in [1.82, 2.24) is 19.4 Å². The summed E-state index contributed by atoms with van der Waals surface area (Å²) in [6, 6.07) is 10.8. The number of nitrogens with zero attached hydrogens (tertiary/aromatic N) is 4. The van der Waals surface area contributed by atoms with Gasteiger partial charge in [0.25, 0.3) is 0 Å². The summed E-state index contributed by atoms with van der Waals surface area (Å²) >= 11 is 6.27. The predicted molar refractivity (Wildman–Crippen MR) is 126 cm³/mol. The van der Waals surface area contributed by atoms with E-state index < -0.39 is 0 Å². The van der Waals surface area contributed by atoms with Gasteiger partial charge >= 0.3 is 0 Å². The number of hydrogen-bond acceptors (Lipinski definition) is 3. The number of alkyl halides is 1. The van der Waals surface area contributed by atoms with E-state index in [4.69, 9.17) is 16.6 Å². The minimum atomic E-state index is 0.0524. The van der Waals surface area contributed by atoms with Gasteiger partial charge in [-0.05, 0) is 56.1 Å². The van der Waals surface area contributed by atoms with E-state index in [1.807, 2.05) is 18.3 Å². The van der Waals surface area contributed by atoms with Crippen LogP contribution in [0.3, 0.4) is 0 Å². The van der Waals surface area contributed by atoms with Crippen LogP contribution >= 0.6 is 11.6 Å². The van der Waals surface area contributed by atoms with Crippen LogP contribution in [0.5, 0.6) is 0 Å². The van der Waals surface area contributed by atoms with Crippen LogP contribution in [-0.4, -0.2) is 37.9 Å². The number of aromatic nitrogens is 3. The number of pyridine rings is 1. The van der Waals surface area contributed by atoms with Gasteiger partial charge in [0.2, 0.25) is 0 Å². The molecule has 0 spiro atoms. The third kappa shape index (κ3) is 4.50. The highest BCUT2D eigenvalue weighted by Crippen LogP contribution is 2.31. The maximum Gasteiger partial charge on any atom is 0.145 e. The van der Waals surface area contributed by atoms with E-state index in [2.05, 4.69) is 64.7 Å². The van der Waals surface area contributed by atoms with Gasteiger partial charge < -0.3 is 0 Å². The van der Waals surface area contributed by atoms with Crippen LogP contribution in [0.1, 0.15) is 38.7 Å². The standard InChI is InChI=1S/C25H29ClN4/c1-3-14-29(15-4-2)18-19-6-5-7-20(16-19)25-28-23-12-13-27-17-24(23)30(25)22-10-8-21(26)9-11-22/h5-8,10-13,16-17,21H,3-4,9,14-15,18H2,1-2H3. The first-order chi connectivity index (χ1) is 14.7. The van der Waals surface area contributed by atoms with Gasteiger partial charge in [-0.15, -0.1) is 11.6 Å². The molecule has 0 saturated heterocycles. The first-order valence-electron chi connectivity index (χ1n) is 10.9. The molecule has 1 atom stereocenters. The lowest BCUT2D eigenvalue weighted by Gasteiger charge is -2.21. The fraction of sp³-hybridized carbons (Fsp3) is 0.360. The average Bonchev–Trinajstić information content (AvgIpc) is 3.15. The van der Waals surface area contributed by atoms with Crippen LogP contribution in [0.4, 0.5) is 0 Å². The molecular formula is C25H29ClN4. The summed E-state index contributed by atoms with van der Waals surface area (Å²) in [5.41, 5.74) is 5.51.